The van der Waals surface area contributed by atoms with Crippen LogP contribution in [0.3, 0.4) is 0 Å². The lowest BCUT2D eigenvalue weighted by molar-refractivity contribution is -0.130. The van der Waals surface area contributed by atoms with E-state index >= 15 is 0 Å². The normalized spacial score (nSPS) is 29.1. The molecule has 136 valence electrons. The molecule has 3 rings (SSSR count). The van der Waals surface area contributed by atoms with E-state index in [1.807, 2.05) is 6.07 Å². The summed E-state index contributed by atoms with van der Waals surface area (Å²) in [5, 5.41) is 12.4. The molecule has 1 saturated heterocycles. The van der Waals surface area contributed by atoms with E-state index in [1.54, 1.807) is 0 Å². The molecule has 0 bridgehead atoms. The number of aryl methyl sites for hydroxylation is 2. The molecule has 5 nitrogen and oxygen atoms in total. The minimum Gasteiger partial charge on any atom is -0.349 e. The fraction of sp³-hybridized carbons (Fsp3) is 0.684. The van der Waals surface area contributed by atoms with Crippen molar-refractivity contribution in [2.75, 3.05) is 13.1 Å². The number of nitriles is 1. The average Bonchev–Trinajstić information content (AvgIpc) is 3.28. The van der Waals surface area contributed by atoms with Crippen molar-refractivity contribution in [2.45, 2.75) is 64.3 Å². The molecule has 0 spiro atoms. The van der Waals surface area contributed by atoms with Gasteiger partial charge >= 0.3 is 0 Å². The Morgan fingerprint density at radius 2 is 2.04 bits per heavy atom. The van der Waals surface area contributed by atoms with Crippen molar-refractivity contribution >= 4 is 5.91 Å². The molecule has 2 fully saturated rings. The molecule has 2 heterocycles. The first kappa shape index (κ1) is 17.9. The zero-order valence-corrected chi connectivity index (χ0v) is 15.0. The highest BCUT2D eigenvalue weighted by atomic mass is 19.1. The van der Waals surface area contributed by atoms with Crippen molar-refractivity contribution in [3.63, 3.8) is 0 Å². The number of carbonyl (C=O) groups is 1. The molecule has 0 unspecified atom stereocenters. The number of nitrogens with one attached hydrogen (secondary N) is 1. The zero-order valence-electron chi connectivity index (χ0n) is 15.0. The van der Waals surface area contributed by atoms with Crippen LogP contribution >= 0.6 is 0 Å². The Labute approximate surface area is 148 Å². The molecule has 1 N–H and O–H groups in total. The van der Waals surface area contributed by atoms with E-state index in [1.165, 1.54) is 16.3 Å². The Bertz CT molecular complexity index is 645. The number of hydrogen-bond acceptors (Lipinski definition) is 3. The topological polar surface area (TPSA) is 61.1 Å². The SMILES string of the molecule is Cc1ccc(C)n1C[C@H]1CC[C@@H](NCC(=O)N2C[C@@H](F)C[C@H]2C#N)C1. The lowest BCUT2D eigenvalue weighted by atomic mass is 10.1. The fourth-order valence-corrected chi connectivity index (χ4v) is 4.19. The van der Waals surface area contributed by atoms with Gasteiger partial charge in [0, 0.05) is 30.4 Å². The number of halogens is 1. The van der Waals surface area contributed by atoms with Crippen LogP contribution in [0.5, 0.6) is 0 Å². The molecule has 1 aromatic heterocycles. The summed E-state index contributed by atoms with van der Waals surface area (Å²) in [6.07, 6.45) is 2.34. The van der Waals surface area contributed by atoms with E-state index in [-0.39, 0.29) is 25.4 Å². The average molecular weight is 346 g/mol. The maximum atomic E-state index is 13.4. The van der Waals surface area contributed by atoms with Crippen molar-refractivity contribution in [3.05, 3.63) is 23.5 Å². The number of nitrogens with zero attached hydrogens (tertiary/aromatic N) is 3. The van der Waals surface area contributed by atoms with Crippen LogP contribution in [0.4, 0.5) is 4.39 Å². The number of hydrogen-bond donors (Lipinski definition) is 1. The van der Waals surface area contributed by atoms with Crippen molar-refractivity contribution in [1.82, 2.24) is 14.8 Å². The first-order valence-electron chi connectivity index (χ1n) is 9.17. The van der Waals surface area contributed by atoms with Gasteiger partial charge in [-0.25, -0.2) is 4.39 Å². The smallest absolute Gasteiger partial charge is 0.237 e. The lowest BCUT2D eigenvalue weighted by Crippen LogP contribution is -2.43. The summed E-state index contributed by atoms with van der Waals surface area (Å²) in [6.45, 7) is 5.55. The number of amides is 1. The third-order valence-electron chi connectivity index (χ3n) is 5.66. The predicted molar refractivity (Wildman–Crippen MR) is 93.7 cm³/mol. The van der Waals surface area contributed by atoms with Gasteiger partial charge in [-0.1, -0.05) is 0 Å². The summed E-state index contributed by atoms with van der Waals surface area (Å²) in [7, 11) is 0. The molecule has 2 aliphatic rings. The van der Waals surface area contributed by atoms with Gasteiger partial charge in [-0.3, -0.25) is 4.79 Å². The molecule has 0 aromatic carbocycles. The minimum absolute atomic E-state index is 0.0538. The summed E-state index contributed by atoms with van der Waals surface area (Å²) in [4.78, 5) is 13.7. The van der Waals surface area contributed by atoms with Gasteiger partial charge in [0.15, 0.2) is 0 Å². The van der Waals surface area contributed by atoms with Crippen LogP contribution in [-0.2, 0) is 11.3 Å². The molecule has 4 atom stereocenters. The summed E-state index contributed by atoms with van der Waals surface area (Å²) in [5.74, 6) is 0.457. The molecule has 1 saturated carbocycles. The van der Waals surface area contributed by atoms with Crippen LogP contribution in [0.15, 0.2) is 12.1 Å². The van der Waals surface area contributed by atoms with Gasteiger partial charge in [-0.15, -0.1) is 0 Å². The highest BCUT2D eigenvalue weighted by Crippen LogP contribution is 2.28. The van der Waals surface area contributed by atoms with Gasteiger partial charge in [0.1, 0.15) is 12.2 Å². The van der Waals surface area contributed by atoms with E-state index < -0.39 is 12.2 Å². The maximum Gasteiger partial charge on any atom is 0.237 e. The maximum absolute atomic E-state index is 13.4. The van der Waals surface area contributed by atoms with Crippen molar-refractivity contribution in [2.24, 2.45) is 5.92 Å². The quantitative estimate of drug-likeness (QED) is 0.890. The molecule has 0 radical (unpaired) electrons. The molecule has 1 aromatic rings. The first-order chi connectivity index (χ1) is 12.0. The Hall–Kier alpha value is -1.87. The van der Waals surface area contributed by atoms with Crippen molar-refractivity contribution in [3.8, 4) is 6.07 Å². The summed E-state index contributed by atoms with van der Waals surface area (Å²) in [5.41, 5.74) is 2.59. The van der Waals surface area contributed by atoms with Crippen molar-refractivity contribution in [1.29, 1.82) is 5.26 Å². The van der Waals surface area contributed by atoms with E-state index in [9.17, 15) is 9.18 Å². The largest absolute Gasteiger partial charge is 0.349 e. The highest BCUT2D eigenvalue weighted by molar-refractivity contribution is 5.79. The first-order valence-corrected chi connectivity index (χ1v) is 9.17. The van der Waals surface area contributed by atoms with E-state index in [4.69, 9.17) is 5.26 Å². The fourth-order valence-electron chi connectivity index (χ4n) is 4.19. The highest BCUT2D eigenvalue weighted by Gasteiger charge is 2.35. The molecular weight excluding hydrogens is 319 g/mol. The third-order valence-corrected chi connectivity index (χ3v) is 5.66. The molecule has 1 amide bonds. The monoisotopic (exact) mass is 346 g/mol. The van der Waals surface area contributed by atoms with E-state index in [0.717, 1.165) is 25.8 Å². The standard InChI is InChI=1S/C19H27FN4O/c1-13-3-4-14(2)23(13)11-15-5-6-17(7-15)22-10-19(25)24-12-16(20)8-18(24)9-21/h3-4,15-18,22H,5-8,10-12H2,1-2H3/t15-,16-,17+,18-/m0/s1. The second-order valence-electron chi connectivity index (χ2n) is 7.51. The number of likely N-dealkylation sites (tertiary alicyclic amines) is 1. The molecule has 1 aliphatic carbocycles. The van der Waals surface area contributed by atoms with Crippen LogP contribution in [0, 0.1) is 31.1 Å². The Morgan fingerprint density at radius 1 is 1.32 bits per heavy atom. The third kappa shape index (κ3) is 4.04. The van der Waals surface area contributed by atoms with E-state index in [0.29, 0.717) is 12.0 Å². The molecule has 25 heavy (non-hydrogen) atoms. The minimum atomic E-state index is -1.07. The Kier molecular flexibility index (Phi) is 5.43. The van der Waals surface area contributed by atoms with Crippen LogP contribution in [0.1, 0.15) is 37.1 Å². The number of aromatic nitrogens is 1. The second-order valence-corrected chi connectivity index (χ2v) is 7.51. The van der Waals surface area contributed by atoms with Crippen LogP contribution < -0.4 is 5.32 Å². The van der Waals surface area contributed by atoms with Gasteiger partial charge in [0.25, 0.3) is 0 Å². The molecular formula is C19H27FN4O. The van der Waals surface area contributed by atoms with Crippen LogP contribution in [0.25, 0.3) is 0 Å². The van der Waals surface area contributed by atoms with Gasteiger partial charge in [0.2, 0.25) is 5.91 Å². The summed E-state index contributed by atoms with van der Waals surface area (Å²) >= 11 is 0. The van der Waals surface area contributed by atoms with Gasteiger partial charge < -0.3 is 14.8 Å². The lowest BCUT2D eigenvalue weighted by Gasteiger charge is -2.21. The molecule has 6 heteroatoms. The number of rotatable bonds is 5. The van der Waals surface area contributed by atoms with Gasteiger partial charge in [0.05, 0.1) is 19.2 Å². The van der Waals surface area contributed by atoms with Crippen LogP contribution in [0.2, 0.25) is 0 Å². The van der Waals surface area contributed by atoms with Gasteiger partial charge in [-0.2, -0.15) is 5.26 Å². The van der Waals surface area contributed by atoms with E-state index in [2.05, 4.69) is 35.9 Å². The number of carbonyl (C=O) groups excluding carboxylic acids is 1. The van der Waals surface area contributed by atoms with Crippen LogP contribution in [-0.4, -0.2) is 46.7 Å². The molecule has 1 aliphatic heterocycles. The van der Waals surface area contributed by atoms with Gasteiger partial charge in [-0.05, 0) is 51.2 Å². The second kappa shape index (κ2) is 7.57. The predicted octanol–water partition coefficient (Wildman–Crippen LogP) is 2.33. The van der Waals surface area contributed by atoms with Crippen molar-refractivity contribution < 1.29 is 9.18 Å². The summed E-state index contributed by atoms with van der Waals surface area (Å²) in [6, 6.07) is 6.05. The Balaban J connectivity index is 1.46. The zero-order chi connectivity index (χ0) is 18.0. The Morgan fingerprint density at radius 3 is 2.72 bits per heavy atom. The number of alkyl halides is 1. The summed E-state index contributed by atoms with van der Waals surface area (Å²) < 4.78 is 15.8.